The molecular weight excluding hydrogens is 715 g/mol. The van der Waals surface area contributed by atoms with Crippen molar-refractivity contribution in [1.29, 1.82) is 0 Å². The fourth-order valence-electron chi connectivity index (χ4n) is 13.9. The van der Waals surface area contributed by atoms with Crippen LogP contribution >= 0.6 is 0 Å². The molecule has 6 aliphatic carbocycles. The van der Waals surface area contributed by atoms with Gasteiger partial charge in [0.15, 0.2) is 0 Å². The molecule has 0 atom stereocenters. The average Bonchev–Trinajstić information content (AvgIpc) is 3.46. The predicted molar refractivity (Wildman–Crippen MR) is 244 cm³/mol. The lowest BCUT2D eigenvalue weighted by Crippen LogP contribution is -2.56. The quantitative estimate of drug-likeness (QED) is 0.177. The van der Waals surface area contributed by atoms with Crippen LogP contribution in [0, 0.1) is 23.7 Å². The molecule has 6 aromatic carbocycles. The lowest BCUT2D eigenvalue weighted by Gasteiger charge is -2.63. The number of fused-ring (bicyclic) bond motifs is 6. The van der Waals surface area contributed by atoms with Gasteiger partial charge in [-0.15, -0.1) is 0 Å². The van der Waals surface area contributed by atoms with Crippen LogP contribution in [0.15, 0.2) is 127 Å². The second-order valence-corrected chi connectivity index (χ2v) is 21.3. The highest BCUT2D eigenvalue weighted by atomic mass is 16.5. The number of ether oxygens (including phenoxy) is 1. The maximum absolute atomic E-state index is 7.05. The second-order valence-electron chi connectivity index (χ2n) is 21.3. The number of nitrogens with zero attached hydrogens (tertiary/aromatic N) is 1. The molecule has 0 saturated heterocycles. The van der Waals surface area contributed by atoms with E-state index in [0.717, 1.165) is 34.7 Å². The molecule has 0 N–H and O–H groups in total. The Labute approximate surface area is 351 Å². The van der Waals surface area contributed by atoms with Crippen molar-refractivity contribution in [1.82, 2.24) is 0 Å². The maximum atomic E-state index is 7.05. The van der Waals surface area contributed by atoms with Gasteiger partial charge in [0.25, 0.3) is 0 Å². The summed E-state index contributed by atoms with van der Waals surface area (Å²) in [6, 6.07) is 49.1. The smallest absolute Gasteiger partial charge is 0.133 e. The molecule has 13 rings (SSSR count). The number of hydrogen-bond donors (Lipinski definition) is 0. The summed E-state index contributed by atoms with van der Waals surface area (Å²) in [6.45, 7) is 14.4. The molecule has 4 fully saturated rings. The summed E-state index contributed by atoms with van der Waals surface area (Å²) >= 11 is 0. The number of rotatable bonds is 4. The predicted octanol–water partition coefficient (Wildman–Crippen LogP) is 15.3. The molecule has 4 saturated carbocycles. The van der Waals surface area contributed by atoms with Crippen LogP contribution in [-0.4, -0.2) is 0 Å². The highest BCUT2D eigenvalue weighted by Crippen LogP contribution is 2.69. The van der Waals surface area contributed by atoms with Gasteiger partial charge in [0, 0.05) is 45.1 Å². The number of benzene rings is 6. The third-order valence-electron chi connectivity index (χ3n) is 16.8. The van der Waals surface area contributed by atoms with Gasteiger partial charge in [0.1, 0.15) is 11.5 Å². The van der Waals surface area contributed by atoms with Gasteiger partial charge in [-0.05, 0) is 160 Å². The first-order chi connectivity index (χ1) is 28.4. The summed E-state index contributed by atoms with van der Waals surface area (Å²) in [5.41, 5.74) is 17.7. The summed E-state index contributed by atoms with van der Waals surface area (Å²) in [5.74, 6) is 5.26. The van der Waals surface area contributed by atoms with Crippen molar-refractivity contribution in [3.8, 4) is 33.8 Å². The molecule has 296 valence electrons. The molecule has 1 spiro atoms. The molecule has 2 nitrogen and oxygen atoms in total. The van der Waals surface area contributed by atoms with Crippen LogP contribution < -0.4 is 9.64 Å². The van der Waals surface area contributed by atoms with E-state index in [-0.39, 0.29) is 21.7 Å². The molecule has 1 heterocycles. The number of anilines is 3. The molecule has 7 aliphatic rings. The van der Waals surface area contributed by atoms with Crippen LogP contribution in [0.5, 0.6) is 11.5 Å². The van der Waals surface area contributed by atoms with E-state index in [1.807, 2.05) is 0 Å². The van der Waals surface area contributed by atoms with Gasteiger partial charge >= 0.3 is 0 Å². The summed E-state index contributed by atoms with van der Waals surface area (Å²) in [4.78, 5) is 2.48. The first-order valence-corrected chi connectivity index (χ1v) is 22.6. The minimum Gasteiger partial charge on any atom is -0.457 e. The summed E-state index contributed by atoms with van der Waals surface area (Å²) in [7, 11) is 0. The zero-order valence-corrected chi connectivity index (χ0v) is 35.7. The molecule has 4 bridgehead atoms. The van der Waals surface area contributed by atoms with E-state index in [9.17, 15) is 0 Å². The first kappa shape index (κ1) is 35.8. The maximum Gasteiger partial charge on any atom is 0.133 e. The van der Waals surface area contributed by atoms with Gasteiger partial charge in [-0.1, -0.05) is 126 Å². The lowest BCUT2D eigenvalue weighted by atomic mass is 9.42. The highest BCUT2D eigenvalue weighted by Gasteiger charge is 2.61. The molecule has 59 heavy (non-hydrogen) atoms. The minimum atomic E-state index is -0.0964. The third kappa shape index (κ3) is 5.04. The van der Waals surface area contributed by atoms with Crippen LogP contribution in [0.2, 0.25) is 0 Å². The zero-order valence-electron chi connectivity index (χ0n) is 35.7. The largest absolute Gasteiger partial charge is 0.457 e. The van der Waals surface area contributed by atoms with E-state index in [1.54, 1.807) is 0 Å². The fourth-order valence-corrected chi connectivity index (χ4v) is 13.9. The van der Waals surface area contributed by atoms with Gasteiger partial charge in [0.05, 0.1) is 0 Å². The molecule has 0 aromatic heterocycles. The van der Waals surface area contributed by atoms with Crippen molar-refractivity contribution in [3.63, 3.8) is 0 Å². The Kier molecular flexibility index (Phi) is 7.44. The summed E-state index contributed by atoms with van der Waals surface area (Å²) in [5, 5.41) is 0. The first-order valence-electron chi connectivity index (χ1n) is 22.6. The molecule has 0 unspecified atom stereocenters. The summed E-state index contributed by atoms with van der Waals surface area (Å²) < 4.78 is 7.05. The highest BCUT2D eigenvalue weighted by molar-refractivity contribution is 5.86. The van der Waals surface area contributed by atoms with Crippen molar-refractivity contribution in [2.75, 3.05) is 4.90 Å². The number of hydrogen-bond acceptors (Lipinski definition) is 2. The van der Waals surface area contributed by atoms with E-state index in [1.165, 1.54) is 106 Å². The molecule has 1 aliphatic heterocycles. The Morgan fingerprint density at radius 1 is 0.441 bits per heavy atom. The Morgan fingerprint density at radius 3 is 1.75 bits per heavy atom. The molecule has 0 radical (unpaired) electrons. The Bertz CT molecular complexity index is 2660. The Balaban J connectivity index is 0.998. The molecular formula is C57H57NO. The molecule has 0 amide bonds. The topological polar surface area (TPSA) is 12.5 Å². The third-order valence-corrected chi connectivity index (χ3v) is 16.8. The van der Waals surface area contributed by atoms with Crippen molar-refractivity contribution < 1.29 is 4.74 Å². The van der Waals surface area contributed by atoms with Gasteiger partial charge in [-0.25, -0.2) is 0 Å². The van der Waals surface area contributed by atoms with Crippen LogP contribution in [0.3, 0.4) is 0 Å². The van der Waals surface area contributed by atoms with Crippen LogP contribution in [-0.2, 0) is 21.7 Å². The standard InChI is InChI=1S/C57H57NO/c1-54(2)25-26-55(3,4)51-32-38(17-23-47(51)54)37-15-18-41(19-16-37)58(42-20-22-45-44-11-7-8-12-46(44)56(5,6)50(45)33-42)43-21-24-49-53(34-43)59-52-14-10-9-13-48(52)57(49)39-28-35-27-36(30-39)31-40(57)29-35/h7-24,32-36,39-40H,25-31H2,1-6H3. The van der Waals surface area contributed by atoms with E-state index in [2.05, 4.69) is 174 Å². The molecule has 2 heteroatoms. The van der Waals surface area contributed by atoms with Crippen molar-refractivity contribution in [2.45, 2.75) is 108 Å². The van der Waals surface area contributed by atoms with Crippen LogP contribution in [0.25, 0.3) is 22.3 Å². The van der Waals surface area contributed by atoms with Gasteiger partial charge in [-0.3, -0.25) is 0 Å². The minimum absolute atomic E-state index is 0.0324. The van der Waals surface area contributed by atoms with E-state index < -0.39 is 0 Å². The van der Waals surface area contributed by atoms with E-state index in [0.29, 0.717) is 11.8 Å². The van der Waals surface area contributed by atoms with Crippen molar-refractivity contribution in [2.24, 2.45) is 23.7 Å². The Hall–Kier alpha value is -5.08. The van der Waals surface area contributed by atoms with Gasteiger partial charge < -0.3 is 9.64 Å². The van der Waals surface area contributed by atoms with Gasteiger partial charge in [0.2, 0.25) is 0 Å². The van der Waals surface area contributed by atoms with Crippen molar-refractivity contribution >= 4 is 17.1 Å². The molecule has 6 aromatic rings. The van der Waals surface area contributed by atoms with E-state index in [4.69, 9.17) is 4.74 Å². The van der Waals surface area contributed by atoms with Gasteiger partial charge in [-0.2, -0.15) is 0 Å². The average molecular weight is 772 g/mol. The normalized spacial score (nSPS) is 26.6. The SMILES string of the molecule is CC1(C)CCC(C)(C)c2cc(-c3ccc(N(c4ccc5c(c4)Oc4ccccc4C54C5CC6CC(C5)CC4C6)c4ccc5c(c4)C(C)(C)c4ccccc4-5)cc3)ccc21. The Morgan fingerprint density at radius 2 is 1.00 bits per heavy atom. The number of para-hydroxylation sites is 1. The van der Waals surface area contributed by atoms with Crippen molar-refractivity contribution in [3.05, 3.63) is 161 Å². The van der Waals surface area contributed by atoms with E-state index >= 15 is 0 Å². The second kappa shape index (κ2) is 12.2. The van der Waals surface area contributed by atoms with Crippen LogP contribution in [0.4, 0.5) is 17.1 Å². The monoisotopic (exact) mass is 771 g/mol. The lowest BCUT2D eigenvalue weighted by molar-refractivity contribution is -0.0452. The summed E-state index contributed by atoms with van der Waals surface area (Å²) in [6.07, 6.45) is 9.31. The fraction of sp³-hybridized carbons (Fsp3) is 0.368. The van der Waals surface area contributed by atoms with Crippen LogP contribution in [0.1, 0.15) is 120 Å². The zero-order chi connectivity index (χ0) is 40.1.